The lowest BCUT2D eigenvalue weighted by Crippen LogP contribution is -2.53. The van der Waals surface area contributed by atoms with Gasteiger partial charge in [0.25, 0.3) is 5.91 Å². The lowest BCUT2D eigenvalue weighted by molar-refractivity contribution is -0.123. The first-order valence-electron chi connectivity index (χ1n) is 9.81. The number of piperazine rings is 1. The maximum atomic E-state index is 13.0. The molecule has 0 radical (unpaired) electrons. The number of imide groups is 1. The van der Waals surface area contributed by atoms with E-state index in [4.69, 9.17) is 23.2 Å². The second-order valence-electron chi connectivity index (χ2n) is 7.64. The largest absolute Gasteiger partial charge is 0.289 e. The number of rotatable bonds is 4. The molecule has 164 valence electrons. The molecule has 0 unspecified atom stereocenters. The lowest BCUT2D eigenvalue weighted by Gasteiger charge is -2.36. The van der Waals surface area contributed by atoms with Crippen LogP contribution in [0.5, 0.6) is 0 Å². The van der Waals surface area contributed by atoms with Gasteiger partial charge in [0, 0.05) is 26.2 Å². The Labute approximate surface area is 191 Å². The van der Waals surface area contributed by atoms with Crippen LogP contribution >= 0.6 is 23.2 Å². The molecule has 0 N–H and O–H groups in total. The number of anilines is 1. The molecule has 2 saturated heterocycles. The van der Waals surface area contributed by atoms with E-state index in [2.05, 4.69) is 0 Å². The van der Waals surface area contributed by atoms with E-state index in [0.717, 1.165) is 10.5 Å². The molecular formula is C21H21Cl2N3O4S. The molecule has 31 heavy (non-hydrogen) atoms. The summed E-state index contributed by atoms with van der Waals surface area (Å²) >= 11 is 12.0. The van der Waals surface area contributed by atoms with Crippen LogP contribution in [0.3, 0.4) is 0 Å². The SMILES string of the molecule is Cc1ccc(S(=O)(=O)N2CCN([C@H]3CC(=O)N(c4ccc(Cl)c(Cl)c4)C3=O)CC2)cc1. The van der Waals surface area contributed by atoms with Crippen molar-refractivity contribution in [1.82, 2.24) is 9.21 Å². The molecule has 2 aliphatic rings. The molecule has 0 bridgehead atoms. The van der Waals surface area contributed by atoms with Crippen molar-refractivity contribution in [2.45, 2.75) is 24.3 Å². The van der Waals surface area contributed by atoms with Gasteiger partial charge in [-0.3, -0.25) is 14.5 Å². The molecular weight excluding hydrogens is 461 g/mol. The van der Waals surface area contributed by atoms with Crippen LogP contribution in [0, 0.1) is 6.92 Å². The van der Waals surface area contributed by atoms with Gasteiger partial charge in [0.15, 0.2) is 0 Å². The number of nitrogens with zero attached hydrogens (tertiary/aromatic N) is 3. The second-order valence-corrected chi connectivity index (χ2v) is 10.4. The van der Waals surface area contributed by atoms with Crippen molar-refractivity contribution < 1.29 is 18.0 Å². The molecule has 2 aliphatic heterocycles. The Bertz CT molecular complexity index is 1130. The molecule has 2 fully saturated rings. The highest BCUT2D eigenvalue weighted by atomic mass is 35.5. The van der Waals surface area contributed by atoms with Crippen LogP contribution in [0.2, 0.25) is 10.0 Å². The quantitative estimate of drug-likeness (QED) is 0.627. The zero-order valence-corrected chi connectivity index (χ0v) is 19.1. The minimum absolute atomic E-state index is 0.0454. The van der Waals surface area contributed by atoms with Gasteiger partial charge in [-0.25, -0.2) is 13.3 Å². The third-order valence-corrected chi connectivity index (χ3v) is 8.31. The Morgan fingerprint density at radius 3 is 2.16 bits per heavy atom. The van der Waals surface area contributed by atoms with Gasteiger partial charge in [-0.05, 0) is 37.3 Å². The number of amides is 2. The average molecular weight is 482 g/mol. The molecule has 7 nitrogen and oxygen atoms in total. The zero-order chi connectivity index (χ0) is 22.3. The number of halogens is 2. The fourth-order valence-corrected chi connectivity index (χ4v) is 5.63. The predicted molar refractivity (Wildman–Crippen MR) is 119 cm³/mol. The zero-order valence-electron chi connectivity index (χ0n) is 16.8. The van der Waals surface area contributed by atoms with Crippen LogP contribution in [-0.4, -0.2) is 61.7 Å². The Morgan fingerprint density at radius 2 is 1.55 bits per heavy atom. The van der Waals surface area contributed by atoms with Crippen LogP contribution in [-0.2, 0) is 19.6 Å². The molecule has 0 spiro atoms. The molecule has 0 aromatic heterocycles. The summed E-state index contributed by atoms with van der Waals surface area (Å²) in [5.41, 5.74) is 1.37. The molecule has 2 aromatic carbocycles. The summed E-state index contributed by atoms with van der Waals surface area (Å²) in [7, 11) is -3.60. The summed E-state index contributed by atoms with van der Waals surface area (Å²) in [6, 6.07) is 10.7. The molecule has 4 rings (SSSR count). The van der Waals surface area contributed by atoms with Gasteiger partial charge in [0.1, 0.15) is 0 Å². The Morgan fingerprint density at radius 1 is 0.903 bits per heavy atom. The third-order valence-electron chi connectivity index (χ3n) is 5.66. The summed E-state index contributed by atoms with van der Waals surface area (Å²) in [4.78, 5) is 28.8. The smallest absolute Gasteiger partial charge is 0.251 e. The Balaban J connectivity index is 1.45. The standard InChI is InChI=1S/C21H21Cl2N3O4S/c1-14-2-5-16(6-3-14)31(29,30)25-10-8-24(9-11-25)19-13-20(27)26(21(19)28)15-4-7-17(22)18(23)12-15/h2-7,12,19H,8-11,13H2,1H3/t19-/m0/s1. The van der Waals surface area contributed by atoms with Gasteiger partial charge in [0.05, 0.1) is 33.1 Å². The minimum atomic E-state index is -3.60. The molecule has 2 heterocycles. The van der Waals surface area contributed by atoms with Crippen molar-refractivity contribution in [2.24, 2.45) is 0 Å². The van der Waals surface area contributed by atoms with Gasteiger partial charge < -0.3 is 0 Å². The van der Waals surface area contributed by atoms with Crippen molar-refractivity contribution in [2.75, 3.05) is 31.1 Å². The number of hydrogen-bond acceptors (Lipinski definition) is 5. The normalized spacial score (nSPS) is 21.1. The minimum Gasteiger partial charge on any atom is -0.289 e. The number of aryl methyl sites for hydroxylation is 1. The first kappa shape index (κ1) is 22.2. The first-order chi connectivity index (χ1) is 14.7. The average Bonchev–Trinajstić information content (AvgIpc) is 3.04. The van der Waals surface area contributed by atoms with Crippen LogP contribution in [0.4, 0.5) is 5.69 Å². The molecule has 10 heteroatoms. The van der Waals surface area contributed by atoms with Gasteiger partial charge in [-0.15, -0.1) is 0 Å². The first-order valence-corrected chi connectivity index (χ1v) is 12.0. The van der Waals surface area contributed by atoms with Crippen molar-refractivity contribution >= 4 is 50.7 Å². The number of sulfonamides is 1. The third kappa shape index (κ3) is 4.23. The van der Waals surface area contributed by atoms with Crippen molar-refractivity contribution in [1.29, 1.82) is 0 Å². The second kappa shape index (κ2) is 8.52. The van der Waals surface area contributed by atoms with E-state index in [1.807, 2.05) is 11.8 Å². The van der Waals surface area contributed by atoms with Crippen LogP contribution in [0.25, 0.3) is 0 Å². The molecule has 2 aromatic rings. The molecule has 0 aliphatic carbocycles. The highest BCUT2D eigenvalue weighted by molar-refractivity contribution is 7.89. The van der Waals surface area contributed by atoms with Crippen LogP contribution < -0.4 is 4.90 Å². The van der Waals surface area contributed by atoms with E-state index in [1.165, 1.54) is 10.4 Å². The van der Waals surface area contributed by atoms with Gasteiger partial charge in [0.2, 0.25) is 15.9 Å². The van der Waals surface area contributed by atoms with Gasteiger partial charge in [-0.2, -0.15) is 4.31 Å². The fourth-order valence-electron chi connectivity index (χ4n) is 3.91. The summed E-state index contributed by atoms with van der Waals surface area (Å²) < 4.78 is 27.2. The number of carbonyl (C=O) groups is 2. The predicted octanol–water partition coefficient (Wildman–Crippen LogP) is 2.94. The number of carbonyl (C=O) groups excluding carboxylic acids is 2. The van der Waals surface area contributed by atoms with Crippen molar-refractivity contribution in [3.8, 4) is 0 Å². The van der Waals surface area contributed by atoms with Crippen molar-refractivity contribution in [3.05, 3.63) is 58.1 Å². The van der Waals surface area contributed by atoms with E-state index >= 15 is 0 Å². The summed E-state index contributed by atoms with van der Waals surface area (Å²) in [5, 5.41) is 0.602. The van der Waals surface area contributed by atoms with Gasteiger partial charge in [-0.1, -0.05) is 40.9 Å². The summed E-state index contributed by atoms with van der Waals surface area (Å²) in [6.45, 7) is 3.13. The molecule has 1 atom stereocenters. The Hall–Kier alpha value is -1.97. The summed E-state index contributed by atoms with van der Waals surface area (Å²) in [5.74, 6) is -0.652. The van der Waals surface area contributed by atoms with E-state index in [0.29, 0.717) is 23.8 Å². The molecule has 0 saturated carbocycles. The highest BCUT2D eigenvalue weighted by Gasteiger charge is 2.44. The van der Waals surface area contributed by atoms with E-state index < -0.39 is 16.1 Å². The molecule has 2 amide bonds. The summed E-state index contributed by atoms with van der Waals surface area (Å²) in [6.07, 6.45) is 0.0454. The highest BCUT2D eigenvalue weighted by Crippen LogP contribution is 2.31. The maximum Gasteiger partial charge on any atom is 0.251 e. The number of hydrogen-bond donors (Lipinski definition) is 0. The Kier molecular flexibility index (Phi) is 6.11. The monoisotopic (exact) mass is 481 g/mol. The van der Waals surface area contributed by atoms with E-state index in [9.17, 15) is 18.0 Å². The van der Waals surface area contributed by atoms with Crippen LogP contribution in [0.15, 0.2) is 47.4 Å². The topological polar surface area (TPSA) is 78.0 Å². The fraction of sp³-hybridized carbons (Fsp3) is 0.333. The number of benzene rings is 2. The van der Waals surface area contributed by atoms with Gasteiger partial charge >= 0.3 is 0 Å². The van der Waals surface area contributed by atoms with Crippen LogP contribution in [0.1, 0.15) is 12.0 Å². The van der Waals surface area contributed by atoms with Crippen molar-refractivity contribution in [3.63, 3.8) is 0 Å². The van der Waals surface area contributed by atoms with E-state index in [-0.39, 0.29) is 41.2 Å². The maximum absolute atomic E-state index is 13.0. The van der Waals surface area contributed by atoms with E-state index in [1.54, 1.807) is 36.4 Å². The lowest BCUT2D eigenvalue weighted by atomic mass is 10.2.